The summed E-state index contributed by atoms with van der Waals surface area (Å²) in [6.45, 7) is 4.10. The molecule has 0 N–H and O–H groups in total. The molecule has 0 fully saturated rings. The van der Waals surface area contributed by atoms with E-state index in [0.717, 1.165) is 22.6 Å². The minimum atomic E-state index is -0.694. The molecule has 0 saturated heterocycles. The minimum absolute atomic E-state index is 0.0171. The lowest BCUT2D eigenvalue weighted by Gasteiger charge is -2.36. The highest BCUT2D eigenvalue weighted by molar-refractivity contribution is 6.09. The first-order chi connectivity index (χ1) is 17.4. The normalized spacial score (nSPS) is 21.4. The molecular weight excluding hydrogens is 458 g/mol. The van der Waals surface area contributed by atoms with Gasteiger partial charge in [0.1, 0.15) is 11.7 Å². The van der Waals surface area contributed by atoms with Gasteiger partial charge in [-0.2, -0.15) is 0 Å². The molecule has 36 heavy (non-hydrogen) atoms. The maximum atomic E-state index is 13.8. The fourth-order valence-electron chi connectivity index (χ4n) is 5.29. The molecule has 2 aromatic carbocycles. The van der Waals surface area contributed by atoms with Gasteiger partial charge in [-0.1, -0.05) is 31.2 Å². The van der Waals surface area contributed by atoms with Gasteiger partial charge in [0.05, 0.1) is 27.9 Å². The van der Waals surface area contributed by atoms with E-state index in [4.69, 9.17) is 23.9 Å². The van der Waals surface area contributed by atoms with Crippen LogP contribution in [0.1, 0.15) is 56.1 Å². The van der Waals surface area contributed by atoms with Gasteiger partial charge in [0.15, 0.2) is 17.3 Å². The maximum Gasteiger partial charge on any atom is 0.315 e. The Kier molecular flexibility index (Phi) is 7.77. The van der Waals surface area contributed by atoms with Crippen molar-refractivity contribution in [3.63, 3.8) is 0 Å². The largest absolute Gasteiger partial charge is 0.496 e. The van der Waals surface area contributed by atoms with Gasteiger partial charge in [-0.15, -0.1) is 0 Å². The zero-order chi connectivity index (χ0) is 25.8. The third-order valence-corrected chi connectivity index (χ3v) is 6.94. The van der Waals surface area contributed by atoms with E-state index in [1.807, 2.05) is 50.2 Å². The van der Waals surface area contributed by atoms with Crippen LogP contribution in [0.15, 0.2) is 58.7 Å². The number of benzene rings is 2. The molecule has 1 heterocycles. The van der Waals surface area contributed by atoms with E-state index in [1.165, 1.54) is 0 Å². The molecule has 7 heteroatoms. The number of carbonyl (C=O) groups is 2. The average Bonchev–Trinajstić information content (AvgIpc) is 2.90. The van der Waals surface area contributed by atoms with Crippen molar-refractivity contribution >= 4 is 17.5 Å². The van der Waals surface area contributed by atoms with Crippen LogP contribution in [-0.2, 0) is 14.3 Å². The number of Topliss-reactive ketones (excluding diaryl/α,β-unsaturated/α-hetero) is 1. The first kappa shape index (κ1) is 25.5. The molecule has 1 aliphatic carbocycles. The van der Waals surface area contributed by atoms with Crippen LogP contribution in [0.25, 0.3) is 0 Å². The summed E-state index contributed by atoms with van der Waals surface area (Å²) in [5, 5.41) is 0. The molecule has 4 rings (SSSR count). The molecule has 0 spiro atoms. The van der Waals surface area contributed by atoms with E-state index in [0.29, 0.717) is 48.7 Å². The van der Waals surface area contributed by atoms with Crippen molar-refractivity contribution in [1.82, 2.24) is 0 Å². The number of esters is 1. The van der Waals surface area contributed by atoms with Crippen molar-refractivity contribution in [2.45, 2.75) is 44.9 Å². The lowest BCUT2D eigenvalue weighted by atomic mass is 9.69. The standard InChI is InChI=1S/C29H33NO6/c1-6-13-36-29(32)26-17(2)30-21-14-19(20-9-7-8-10-23(20)33-3)15-22(31)28(21)27(26)18-11-12-24(34-4)25(16-18)35-5/h7-12,16,19,26-27H,6,13-15H2,1-5H3. The van der Waals surface area contributed by atoms with Crippen LogP contribution in [0.4, 0.5) is 0 Å². The molecule has 0 aromatic heterocycles. The number of hydrogen-bond donors (Lipinski definition) is 0. The number of para-hydroxylation sites is 1. The van der Waals surface area contributed by atoms with Gasteiger partial charge in [0.25, 0.3) is 0 Å². The van der Waals surface area contributed by atoms with Gasteiger partial charge in [0.2, 0.25) is 0 Å². The fraction of sp³-hybridized carbons (Fsp3) is 0.414. The number of nitrogens with zero attached hydrogens (tertiary/aromatic N) is 1. The zero-order valence-corrected chi connectivity index (χ0v) is 21.5. The van der Waals surface area contributed by atoms with Crippen molar-refractivity contribution in [2.75, 3.05) is 27.9 Å². The lowest BCUT2D eigenvalue weighted by molar-refractivity contribution is -0.146. The molecule has 2 aromatic rings. The Hall–Kier alpha value is -3.61. The number of carbonyl (C=O) groups excluding carboxylic acids is 2. The van der Waals surface area contributed by atoms with Gasteiger partial charge >= 0.3 is 5.97 Å². The third-order valence-electron chi connectivity index (χ3n) is 6.94. The Labute approximate surface area is 212 Å². The SMILES string of the molecule is CCCOC(=O)C1C(C)=NC2=C(C(=O)CC(c3ccccc3OC)C2)C1c1ccc(OC)c(OC)c1. The van der Waals surface area contributed by atoms with Crippen molar-refractivity contribution < 1.29 is 28.5 Å². The van der Waals surface area contributed by atoms with E-state index < -0.39 is 11.8 Å². The first-order valence-corrected chi connectivity index (χ1v) is 12.3. The summed E-state index contributed by atoms with van der Waals surface area (Å²) in [6, 6.07) is 13.3. The Morgan fingerprint density at radius 3 is 2.39 bits per heavy atom. The Morgan fingerprint density at radius 2 is 1.69 bits per heavy atom. The molecule has 190 valence electrons. The van der Waals surface area contributed by atoms with E-state index in [2.05, 4.69) is 0 Å². The topological polar surface area (TPSA) is 83.4 Å². The molecule has 0 saturated carbocycles. The van der Waals surface area contributed by atoms with Crippen molar-refractivity contribution in [2.24, 2.45) is 10.9 Å². The molecular formula is C29H33NO6. The molecule has 2 aliphatic rings. The molecule has 0 radical (unpaired) electrons. The minimum Gasteiger partial charge on any atom is -0.496 e. The lowest BCUT2D eigenvalue weighted by Crippen LogP contribution is -2.38. The predicted octanol–water partition coefficient (Wildman–Crippen LogP) is 5.24. The first-order valence-electron chi connectivity index (χ1n) is 12.3. The zero-order valence-electron chi connectivity index (χ0n) is 21.5. The van der Waals surface area contributed by atoms with Gasteiger partial charge in [0, 0.05) is 35.2 Å². The predicted molar refractivity (Wildman–Crippen MR) is 137 cm³/mol. The molecule has 3 atom stereocenters. The number of hydrogen-bond acceptors (Lipinski definition) is 7. The van der Waals surface area contributed by atoms with Crippen molar-refractivity contribution in [3.8, 4) is 17.2 Å². The summed E-state index contributed by atoms with van der Waals surface area (Å²) in [5.41, 5.74) is 3.72. The van der Waals surface area contributed by atoms with Gasteiger partial charge in [-0.25, -0.2) is 0 Å². The molecule has 3 unspecified atom stereocenters. The number of ether oxygens (including phenoxy) is 4. The van der Waals surface area contributed by atoms with E-state index in [1.54, 1.807) is 27.4 Å². The number of ketones is 1. The van der Waals surface area contributed by atoms with E-state index >= 15 is 0 Å². The van der Waals surface area contributed by atoms with E-state index in [9.17, 15) is 9.59 Å². The second-order valence-electron chi connectivity index (χ2n) is 9.12. The van der Waals surface area contributed by atoms with E-state index in [-0.39, 0.29) is 17.7 Å². The number of rotatable bonds is 8. The van der Waals surface area contributed by atoms with Crippen LogP contribution in [0.3, 0.4) is 0 Å². The summed E-state index contributed by atoms with van der Waals surface area (Å²) in [6.07, 6.45) is 1.61. The monoisotopic (exact) mass is 491 g/mol. The Balaban J connectivity index is 1.82. The van der Waals surface area contributed by atoms with Gasteiger partial charge < -0.3 is 18.9 Å². The van der Waals surface area contributed by atoms with Gasteiger partial charge in [-0.05, 0) is 49.1 Å². The van der Waals surface area contributed by atoms with Crippen LogP contribution in [0.5, 0.6) is 17.2 Å². The average molecular weight is 492 g/mol. The summed E-state index contributed by atoms with van der Waals surface area (Å²) in [4.78, 5) is 31.9. The fourth-order valence-corrected chi connectivity index (χ4v) is 5.29. The Bertz CT molecular complexity index is 1210. The number of allylic oxidation sites excluding steroid dienone is 2. The number of methoxy groups -OCH3 is 3. The maximum absolute atomic E-state index is 13.8. The van der Waals surface area contributed by atoms with Crippen LogP contribution < -0.4 is 14.2 Å². The quantitative estimate of drug-likeness (QED) is 0.470. The summed E-state index contributed by atoms with van der Waals surface area (Å²) >= 11 is 0. The smallest absolute Gasteiger partial charge is 0.315 e. The second-order valence-corrected chi connectivity index (χ2v) is 9.12. The van der Waals surface area contributed by atoms with Crippen molar-refractivity contribution in [1.29, 1.82) is 0 Å². The Morgan fingerprint density at radius 1 is 0.972 bits per heavy atom. The van der Waals surface area contributed by atoms with Crippen LogP contribution in [-0.4, -0.2) is 45.4 Å². The van der Waals surface area contributed by atoms with Crippen LogP contribution >= 0.6 is 0 Å². The van der Waals surface area contributed by atoms with Crippen molar-refractivity contribution in [3.05, 3.63) is 64.9 Å². The van der Waals surface area contributed by atoms with Gasteiger partial charge in [-0.3, -0.25) is 14.6 Å². The van der Waals surface area contributed by atoms with Crippen LogP contribution in [0, 0.1) is 5.92 Å². The number of aliphatic imine (C=N–C) groups is 1. The highest BCUT2D eigenvalue weighted by Gasteiger charge is 2.45. The highest BCUT2D eigenvalue weighted by atomic mass is 16.5. The van der Waals surface area contributed by atoms with Crippen LogP contribution in [0.2, 0.25) is 0 Å². The molecule has 7 nitrogen and oxygen atoms in total. The molecule has 1 aliphatic heterocycles. The summed E-state index contributed by atoms with van der Waals surface area (Å²) < 4.78 is 22.1. The molecule has 0 bridgehead atoms. The summed E-state index contributed by atoms with van der Waals surface area (Å²) in [5.74, 6) is 0.210. The summed E-state index contributed by atoms with van der Waals surface area (Å²) in [7, 11) is 4.77. The third kappa shape index (κ3) is 4.74. The highest BCUT2D eigenvalue weighted by Crippen LogP contribution is 2.48. The second kappa shape index (κ2) is 11.0. The molecule has 0 amide bonds.